The molecular formula is C27H30N2O8. The fourth-order valence-electron chi connectivity index (χ4n) is 7.20. The number of phenols is 1. The van der Waals surface area contributed by atoms with Crippen LogP contribution in [0.25, 0.3) is 0 Å². The van der Waals surface area contributed by atoms with Crippen molar-refractivity contribution < 1.29 is 39.3 Å². The van der Waals surface area contributed by atoms with Crippen molar-refractivity contribution in [2.75, 3.05) is 14.1 Å². The van der Waals surface area contributed by atoms with Gasteiger partial charge in [0, 0.05) is 17.4 Å². The zero-order chi connectivity index (χ0) is 27.1. The Hall–Kier alpha value is -3.21. The minimum atomic E-state index is -2.99. The Balaban J connectivity index is 1.69. The largest absolute Gasteiger partial charge is 0.507 e. The first-order chi connectivity index (χ1) is 17.3. The lowest BCUT2D eigenvalue weighted by atomic mass is 9.49. The quantitative estimate of drug-likeness (QED) is 0.318. The summed E-state index contributed by atoms with van der Waals surface area (Å²) in [6.07, 6.45) is 3.86. The molecule has 3 unspecified atom stereocenters. The molecule has 1 amide bonds. The average molecular weight is 511 g/mol. The summed E-state index contributed by atoms with van der Waals surface area (Å²) in [6.45, 7) is 1.70. The second-order valence-corrected chi connectivity index (χ2v) is 10.9. The van der Waals surface area contributed by atoms with Gasteiger partial charge in [-0.05, 0) is 38.4 Å². The smallest absolute Gasteiger partial charge is 0.235 e. The summed E-state index contributed by atoms with van der Waals surface area (Å²) in [5, 5.41) is 34.4. The lowest BCUT2D eigenvalue weighted by molar-refractivity contribution is -0.196. The number of fused-ring (bicyclic) bond motifs is 3. The van der Waals surface area contributed by atoms with Crippen molar-refractivity contribution in [3.05, 3.63) is 41.0 Å². The number of aromatic hydroxyl groups is 1. The first-order valence-electron chi connectivity index (χ1n) is 12.4. The van der Waals surface area contributed by atoms with E-state index in [9.17, 15) is 39.3 Å². The summed E-state index contributed by atoms with van der Waals surface area (Å²) in [6, 6.07) is 2.06. The van der Waals surface area contributed by atoms with Crippen LogP contribution < -0.4 is 5.73 Å². The molecule has 4 aliphatic rings. The number of hydrogen-bond donors (Lipinski definition) is 4. The number of nitrogens with zero attached hydrogens (tertiary/aromatic N) is 1. The molecule has 5 N–H and O–H groups in total. The van der Waals surface area contributed by atoms with Gasteiger partial charge in [-0.25, -0.2) is 0 Å². The maximum atomic E-state index is 14.0. The predicted octanol–water partition coefficient (Wildman–Crippen LogP) is -0.168. The van der Waals surface area contributed by atoms with E-state index in [1.54, 1.807) is 19.1 Å². The van der Waals surface area contributed by atoms with Crippen LogP contribution in [0, 0.1) is 23.7 Å². The van der Waals surface area contributed by atoms with Crippen LogP contribution in [0.3, 0.4) is 0 Å². The summed E-state index contributed by atoms with van der Waals surface area (Å²) < 4.78 is 0. The minimum Gasteiger partial charge on any atom is -0.507 e. The minimum absolute atomic E-state index is 0.0657. The van der Waals surface area contributed by atoms with Gasteiger partial charge in [0.1, 0.15) is 5.75 Å². The van der Waals surface area contributed by atoms with Crippen molar-refractivity contribution >= 4 is 29.0 Å². The van der Waals surface area contributed by atoms with Gasteiger partial charge in [-0.2, -0.15) is 0 Å². The van der Waals surface area contributed by atoms with Crippen LogP contribution in [-0.2, 0) is 19.2 Å². The highest BCUT2D eigenvalue weighted by atomic mass is 16.3. The molecule has 37 heavy (non-hydrogen) atoms. The summed E-state index contributed by atoms with van der Waals surface area (Å²) in [5.74, 6) is -13.1. The second kappa shape index (κ2) is 8.41. The number of benzene rings is 1. The van der Waals surface area contributed by atoms with E-state index in [0.717, 1.165) is 12.8 Å². The van der Waals surface area contributed by atoms with E-state index in [1.165, 1.54) is 19.0 Å². The molecule has 10 heteroatoms. The van der Waals surface area contributed by atoms with E-state index in [0.29, 0.717) is 11.1 Å². The van der Waals surface area contributed by atoms with Crippen LogP contribution in [0.1, 0.15) is 53.1 Å². The van der Waals surface area contributed by atoms with Gasteiger partial charge in [0.25, 0.3) is 0 Å². The standard InChI is InChI=1S/C27H30N2O8/c1-10-12-8-9-13(11-6-4-5-7-11)20(30)15(12)21(31)16-14(10)22(32)18-19(29(2)3)23(33)17(26(28)36)25(35)27(18,37)24(16)34/h4,6,8-11,14,16-19,22,30,32,37H,5,7H2,1-3H3,(H2,28,36)/t10-,11?,14+,16?,17?,18+,19-,22-,27-/m0/s1. The molecule has 0 bridgehead atoms. The van der Waals surface area contributed by atoms with Crippen molar-refractivity contribution in [3.63, 3.8) is 0 Å². The zero-order valence-electron chi connectivity index (χ0n) is 20.7. The number of amides is 1. The lowest BCUT2D eigenvalue weighted by Crippen LogP contribution is -2.77. The molecule has 5 rings (SSSR count). The molecule has 196 valence electrons. The topological polar surface area (TPSA) is 175 Å². The number of allylic oxidation sites excluding steroid dienone is 2. The molecule has 4 aliphatic carbocycles. The van der Waals surface area contributed by atoms with Crippen molar-refractivity contribution in [2.45, 2.75) is 49.3 Å². The first kappa shape index (κ1) is 25.4. The van der Waals surface area contributed by atoms with Crippen molar-refractivity contribution in [2.24, 2.45) is 29.4 Å². The van der Waals surface area contributed by atoms with E-state index < -0.39 is 76.4 Å². The first-order valence-corrected chi connectivity index (χ1v) is 12.4. The molecule has 1 aromatic carbocycles. The molecule has 9 atom stereocenters. The number of hydrogen-bond acceptors (Lipinski definition) is 9. The Morgan fingerprint density at radius 2 is 1.76 bits per heavy atom. The van der Waals surface area contributed by atoms with Gasteiger partial charge in [0.15, 0.2) is 34.7 Å². The Morgan fingerprint density at radius 1 is 1.11 bits per heavy atom. The highest BCUT2D eigenvalue weighted by Crippen LogP contribution is 2.55. The maximum absolute atomic E-state index is 14.0. The number of carbonyl (C=O) groups excluding carboxylic acids is 5. The molecule has 2 fully saturated rings. The van der Waals surface area contributed by atoms with Crippen molar-refractivity contribution in [1.29, 1.82) is 0 Å². The maximum Gasteiger partial charge on any atom is 0.235 e. The Bertz CT molecular complexity index is 1290. The fraction of sp³-hybridized carbons (Fsp3) is 0.519. The molecule has 1 aromatic rings. The molecule has 0 heterocycles. The normalized spacial score (nSPS) is 39.0. The molecule has 2 saturated carbocycles. The third-order valence-corrected chi connectivity index (χ3v) is 8.93. The number of ketones is 4. The van der Waals surface area contributed by atoms with Gasteiger partial charge in [-0.1, -0.05) is 31.2 Å². The number of nitrogens with two attached hydrogens (primary N) is 1. The average Bonchev–Trinajstić information content (AvgIpc) is 3.35. The van der Waals surface area contributed by atoms with Crippen molar-refractivity contribution in [1.82, 2.24) is 4.90 Å². The summed E-state index contributed by atoms with van der Waals surface area (Å²) >= 11 is 0. The summed E-state index contributed by atoms with van der Waals surface area (Å²) in [4.78, 5) is 67.8. The van der Waals surface area contributed by atoms with Crippen molar-refractivity contribution in [3.8, 4) is 5.75 Å². The Labute approximate surface area is 213 Å². The van der Waals surface area contributed by atoms with Crippen LogP contribution in [0.5, 0.6) is 5.75 Å². The number of carbonyl (C=O) groups is 5. The van der Waals surface area contributed by atoms with Gasteiger partial charge in [-0.3, -0.25) is 28.9 Å². The van der Waals surface area contributed by atoms with E-state index in [4.69, 9.17) is 5.73 Å². The van der Waals surface area contributed by atoms with E-state index in [1.807, 2.05) is 12.2 Å². The number of phenolic OH excluding ortho intramolecular Hbond substituents is 1. The van der Waals surface area contributed by atoms with E-state index in [-0.39, 0.29) is 17.2 Å². The van der Waals surface area contributed by atoms with Gasteiger partial charge >= 0.3 is 0 Å². The third-order valence-electron chi connectivity index (χ3n) is 8.93. The van der Waals surface area contributed by atoms with Gasteiger partial charge in [0.2, 0.25) is 5.91 Å². The second-order valence-electron chi connectivity index (χ2n) is 10.9. The summed E-state index contributed by atoms with van der Waals surface area (Å²) in [5.41, 5.74) is 3.24. The highest BCUT2D eigenvalue weighted by molar-refractivity contribution is 6.32. The molecule has 0 aliphatic heterocycles. The summed E-state index contributed by atoms with van der Waals surface area (Å²) in [7, 11) is 2.92. The SMILES string of the molecule is C[C@H]1c2ccc(C3C=CCC3)c(O)c2C(=O)C2C(=O)[C@]3(O)C(=O)C(C(N)=O)C(=O)[C@@H](N(C)C)[C@@H]3[C@@H](O)[C@@H]21. The molecule has 0 saturated heterocycles. The monoisotopic (exact) mass is 510 g/mol. The Kier molecular flexibility index (Phi) is 5.78. The highest BCUT2D eigenvalue weighted by Gasteiger charge is 2.72. The van der Waals surface area contributed by atoms with Gasteiger partial charge in [-0.15, -0.1) is 0 Å². The van der Waals surface area contributed by atoms with Crippen LogP contribution in [-0.4, -0.2) is 81.1 Å². The van der Waals surface area contributed by atoms with Gasteiger partial charge < -0.3 is 21.1 Å². The van der Waals surface area contributed by atoms with E-state index >= 15 is 0 Å². The number of aliphatic hydroxyl groups excluding tert-OH is 1. The number of Topliss-reactive ketones (excluding diaryl/α,β-unsaturated/α-hetero) is 4. The zero-order valence-corrected chi connectivity index (χ0v) is 20.7. The van der Waals surface area contributed by atoms with Gasteiger partial charge in [0.05, 0.1) is 29.5 Å². The number of primary amides is 1. The van der Waals surface area contributed by atoms with Crippen LogP contribution >= 0.6 is 0 Å². The number of rotatable bonds is 3. The lowest BCUT2D eigenvalue weighted by Gasteiger charge is -2.56. The molecular weight excluding hydrogens is 480 g/mol. The van der Waals surface area contributed by atoms with Crippen LogP contribution in [0.4, 0.5) is 0 Å². The molecule has 0 radical (unpaired) electrons. The third kappa shape index (κ3) is 3.19. The number of aliphatic hydroxyl groups is 2. The van der Waals surface area contributed by atoms with Crippen LogP contribution in [0.2, 0.25) is 0 Å². The molecule has 0 spiro atoms. The Morgan fingerprint density at radius 3 is 2.32 bits per heavy atom. The molecule has 10 nitrogen and oxygen atoms in total. The number of likely N-dealkylation sites (N-methyl/N-ethyl adjacent to an activating group) is 1. The predicted molar refractivity (Wildman–Crippen MR) is 129 cm³/mol. The van der Waals surface area contributed by atoms with Crippen LogP contribution in [0.15, 0.2) is 24.3 Å². The fourth-order valence-corrected chi connectivity index (χ4v) is 7.20. The van der Waals surface area contributed by atoms with E-state index in [2.05, 4.69) is 0 Å². The molecule has 0 aromatic heterocycles.